The monoisotopic (exact) mass is 242 g/mol. The van der Waals surface area contributed by atoms with Crippen LogP contribution in [-0.4, -0.2) is 4.98 Å². The van der Waals surface area contributed by atoms with E-state index in [0.717, 1.165) is 27.9 Å². The summed E-state index contributed by atoms with van der Waals surface area (Å²) in [7, 11) is 0. The fraction of sp³-hybridized carbons (Fsp3) is 0. The third kappa shape index (κ3) is 1.53. The van der Waals surface area contributed by atoms with Crippen LogP contribution < -0.4 is 10.6 Å². The summed E-state index contributed by atoms with van der Waals surface area (Å²) in [6.07, 6.45) is 0. The van der Waals surface area contributed by atoms with Crippen molar-refractivity contribution in [2.24, 2.45) is 5.14 Å². The third-order valence-electron chi connectivity index (χ3n) is 2.82. The molecule has 0 fully saturated rings. The number of fused-ring (bicyclic) bond motifs is 2. The van der Waals surface area contributed by atoms with Gasteiger partial charge in [-0.2, -0.15) is 0 Å². The molecule has 0 saturated carbocycles. The molecule has 3 nitrogen and oxygen atoms in total. The first-order valence-corrected chi connectivity index (χ1v) is 6.09. The number of hydrogen-bond acceptors (Lipinski definition) is 3. The highest BCUT2D eigenvalue weighted by Gasteiger charge is 2.08. The molecule has 4 heteroatoms. The molecule has 0 aliphatic carbocycles. The van der Waals surface area contributed by atoms with Crippen LogP contribution in [-0.2, 0) is 0 Å². The van der Waals surface area contributed by atoms with Crippen molar-refractivity contribution in [3.8, 4) is 0 Å². The number of aromatic amines is 1. The zero-order valence-electron chi connectivity index (χ0n) is 8.94. The maximum absolute atomic E-state index is 12.4. The molecule has 0 atom stereocenters. The van der Waals surface area contributed by atoms with Gasteiger partial charge in [0, 0.05) is 15.8 Å². The highest BCUT2D eigenvalue weighted by molar-refractivity contribution is 7.97. The molecule has 0 aliphatic heterocycles. The van der Waals surface area contributed by atoms with E-state index < -0.39 is 0 Å². The Morgan fingerprint density at radius 2 is 1.76 bits per heavy atom. The standard InChI is InChI=1S/C13H10N2OS/c14-17-11-7-3-6-10-12(11)13(16)8-4-1-2-5-9(8)15-10/h1-7H,14H2,(H,15,16). The SMILES string of the molecule is NSc1cccc2[nH]c3ccccc3c(=O)c12. The second-order valence-corrected chi connectivity index (χ2v) is 4.47. The maximum atomic E-state index is 12.4. The van der Waals surface area contributed by atoms with Crippen LogP contribution in [0.15, 0.2) is 52.2 Å². The topological polar surface area (TPSA) is 58.9 Å². The molecule has 0 amide bonds. The van der Waals surface area contributed by atoms with Gasteiger partial charge < -0.3 is 4.98 Å². The number of nitrogens with two attached hydrogens (primary N) is 1. The average molecular weight is 242 g/mol. The third-order valence-corrected chi connectivity index (χ3v) is 3.42. The summed E-state index contributed by atoms with van der Waals surface area (Å²) in [6, 6.07) is 13.1. The second-order valence-electron chi connectivity index (χ2n) is 3.80. The molecule has 2 aromatic carbocycles. The van der Waals surface area contributed by atoms with E-state index in [0.29, 0.717) is 10.8 Å². The second kappa shape index (κ2) is 3.91. The first-order valence-electron chi connectivity index (χ1n) is 5.22. The molecule has 1 aromatic heterocycles. The van der Waals surface area contributed by atoms with Gasteiger partial charge in [0.25, 0.3) is 0 Å². The number of rotatable bonds is 1. The lowest BCUT2D eigenvalue weighted by Crippen LogP contribution is -2.05. The van der Waals surface area contributed by atoms with Crippen molar-refractivity contribution in [1.82, 2.24) is 4.98 Å². The highest BCUT2D eigenvalue weighted by Crippen LogP contribution is 2.22. The number of aromatic nitrogens is 1. The van der Waals surface area contributed by atoms with Gasteiger partial charge in [-0.1, -0.05) is 18.2 Å². The van der Waals surface area contributed by atoms with Gasteiger partial charge in [0.2, 0.25) is 0 Å². The minimum atomic E-state index is 0.0305. The highest BCUT2D eigenvalue weighted by atomic mass is 32.2. The van der Waals surface area contributed by atoms with Crippen LogP contribution >= 0.6 is 11.9 Å². The first kappa shape index (κ1) is 10.4. The lowest BCUT2D eigenvalue weighted by molar-refractivity contribution is 1.43. The van der Waals surface area contributed by atoms with Crippen molar-refractivity contribution in [2.45, 2.75) is 4.90 Å². The quantitative estimate of drug-likeness (QED) is 0.509. The molecule has 3 N–H and O–H groups in total. The van der Waals surface area contributed by atoms with Gasteiger partial charge in [-0.05, 0) is 36.2 Å². The predicted octanol–water partition coefficient (Wildman–Crippen LogP) is 2.65. The number of H-pyrrole nitrogens is 1. The molecule has 0 saturated heterocycles. The van der Waals surface area contributed by atoms with E-state index >= 15 is 0 Å². The average Bonchev–Trinajstić information content (AvgIpc) is 2.38. The number of benzene rings is 2. The maximum Gasteiger partial charge on any atom is 0.198 e. The van der Waals surface area contributed by atoms with Crippen molar-refractivity contribution >= 4 is 33.8 Å². The molecule has 3 aromatic rings. The lowest BCUT2D eigenvalue weighted by atomic mass is 10.1. The summed E-state index contributed by atoms with van der Waals surface area (Å²) in [4.78, 5) is 16.4. The predicted molar refractivity (Wildman–Crippen MR) is 72.1 cm³/mol. The first-order chi connectivity index (χ1) is 8.31. The number of nitrogens with one attached hydrogen (secondary N) is 1. The molecule has 1 heterocycles. The van der Waals surface area contributed by atoms with Gasteiger partial charge in [-0.15, -0.1) is 0 Å². The molecule has 3 rings (SSSR count). The van der Waals surface area contributed by atoms with Crippen molar-refractivity contribution in [2.75, 3.05) is 0 Å². The Labute approximate surface area is 102 Å². The summed E-state index contributed by atoms with van der Waals surface area (Å²) in [6.45, 7) is 0. The molecule has 0 unspecified atom stereocenters. The Balaban J connectivity index is 2.60. The Kier molecular flexibility index (Phi) is 2.39. The number of hydrogen-bond donors (Lipinski definition) is 2. The molecule has 0 spiro atoms. The Morgan fingerprint density at radius 3 is 2.59 bits per heavy atom. The summed E-state index contributed by atoms with van der Waals surface area (Å²) in [5, 5.41) is 6.95. The van der Waals surface area contributed by atoms with E-state index in [9.17, 15) is 4.79 Å². The molecule has 0 aliphatic rings. The fourth-order valence-electron chi connectivity index (χ4n) is 2.04. The van der Waals surface area contributed by atoms with Crippen molar-refractivity contribution in [3.05, 3.63) is 52.7 Å². The summed E-state index contributed by atoms with van der Waals surface area (Å²) in [5.74, 6) is 0. The van der Waals surface area contributed by atoms with Gasteiger partial charge in [-0.25, -0.2) is 0 Å². The zero-order chi connectivity index (χ0) is 11.8. The minimum absolute atomic E-state index is 0.0305. The Bertz CT molecular complexity index is 764. The van der Waals surface area contributed by atoms with Gasteiger partial charge in [0.05, 0.1) is 10.9 Å². The molecular weight excluding hydrogens is 232 g/mol. The van der Waals surface area contributed by atoms with Crippen LogP contribution in [0.3, 0.4) is 0 Å². The van der Waals surface area contributed by atoms with E-state index in [1.807, 2.05) is 42.5 Å². The van der Waals surface area contributed by atoms with Crippen molar-refractivity contribution in [1.29, 1.82) is 0 Å². The van der Waals surface area contributed by atoms with E-state index in [1.165, 1.54) is 0 Å². The molecule has 17 heavy (non-hydrogen) atoms. The smallest absolute Gasteiger partial charge is 0.198 e. The van der Waals surface area contributed by atoms with Crippen LogP contribution in [0.5, 0.6) is 0 Å². The summed E-state index contributed by atoms with van der Waals surface area (Å²) >= 11 is 1.10. The summed E-state index contributed by atoms with van der Waals surface area (Å²) in [5.41, 5.74) is 1.70. The Hall–Kier alpha value is -1.78. The molecule has 0 radical (unpaired) electrons. The van der Waals surface area contributed by atoms with Crippen LogP contribution in [0.25, 0.3) is 21.8 Å². The van der Waals surface area contributed by atoms with Gasteiger partial charge in [0.1, 0.15) is 0 Å². The van der Waals surface area contributed by atoms with E-state index in [4.69, 9.17) is 5.14 Å². The fourth-order valence-corrected chi connectivity index (χ4v) is 2.52. The van der Waals surface area contributed by atoms with Crippen molar-refractivity contribution < 1.29 is 0 Å². The van der Waals surface area contributed by atoms with Crippen LogP contribution in [0, 0.1) is 0 Å². The van der Waals surface area contributed by atoms with Gasteiger partial charge in [0.15, 0.2) is 5.43 Å². The Morgan fingerprint density at radius 1 is 1.00 bits per heavy atom. The molecule has 0 bridgehead atoms. The summed E-state index contributed by atoms with van der Waals surface area (Å²) < 4.78 is 0. The molecular formula is C13H10N2OS. The van der Waals surface area contributed by atoms with Gasteiger partial charge >= 0.3 is 0 Å². The van der Waals surface area contributed by atoms with Crippen LogP contribution in [0.1, 0.15) is 0 Å². The van der Waals surface area contributed by atoms with Crippen molar-refractivity contribution in [3.63, 3.8) is 0 Å². The minimum Gasteiger partial charge on any atom is -0.354 e. The number of pyridine rings is 1. The van der Waals surface area contributed by atoms with Gasteiger partial charge in [-0.3, -0.25) is 9.93 Å². The largest absolute Gasteiger partial charge is 0.354 e. The van der Waals surface area contributed by atoms with E-state index in [-0.39, 0.29) is 5.43 Å². The van der Waals surface area contributed by atoms with Crippen LogP contribution in [0.2, 0.25) is 0 Å². The van der Waals surface area contributed by atoms with E-state index in [2.05, 4.69) is 4.98 Å². The lowest BCUT2D eigenvalue weighted by Gasteiger charge is -2.05. The molecule has 84 valence electrons. The van der Waals surface area contributed by atoms with Crippen LogP contribution in [0.4, 0.5) is 0 Å². The number of para-hydroxylation sites is 1. The van der Waals surface area contributed by atoms with E-state index in [1.54, 1.807) is 0 Å². The normalized spacial score (nSPS) is 11.1. The zero-order valence-corrected chi connectivity index (χ0v) is 9.75.